The van der Waals surface area contributed by atoms with Gasteiger partial charge >= 0.3 is 5.37 Å². The Kier molecular flexibility index (Phi) is 4.60. The van der Waals surface area contributed by atoms with E-state index in [0.29, 0.717) is 12.3 Å². The normalized spacial score (nSPS) is 18.7. The highest BCUT2D eigenvalue weighted by molar-refractivity contribution is 7.92. The first kappa shape index (κ1) is 14.1. The average molecular weight is 277 g/mol. The molecule has 1 aromatic carbocycles. The van der Waals surface area contributed by atoms with Crippen LogP contribution < -0.4 is 0 Å². The Morgan fingerprint density at radius 1 is 1.16 bits per heavy atom. The van der Waals surface area contributed by atoms with Crippen LogP contribution in [0.5, 0.6) is 0 Å². The summed E-state index contributed by atoms with van der Waals surface area (Å²) < 4.78 is 24.8. The van der Waals surface area contributed by atoms with Gasteiger partial charge in [-0.1, -0.05) is 50.3 Å². The summed E-state index contributed by atoms with van der Waals surface area (Å²) in [5.41, 5.74) is 0. The van der Waals surface area contributed by atoms with Crippen molar-refractivity contribution in [1.29, 1.82) is 0 Å². The van der Waals surface area contributed by atoms with Gasteiger partial charge in [-0.2, -0.15) is 0 Å². The van der Waals surface area contributed by atoms with Gasteiger partial charge in [0.15, 0.2) is 0 Å². The van der Waals surface area contributed by atoms with Crippen molar-refractivity contribution in [2.45, 2.75) is 48.8 Å². The van der Waals surface area contributed by atoms with Crippen LogP contribution >= 0.6 is 0 Å². The number of nitrogens with zero attached hydrogens (tertiary/aromatic N) is 1. The predicted octanol–water partition coefficient (Wildman–Crippen LogP) is 3.68. The average Bonchev–Trinajstić information content (AvgIpc) is 2.46. The zero-order valence-electron chi connectivity index (χ0n) is 11.0. The van der Waals surface area contributed by atoms with Gasteiger partial charge in [0.2, 0.25) is 0 Å². The van der Waals surface area contributed by atoms with Gasteiger partial charge in [0.25, 0.3) is 9.84 Å². The Labute approximate surface area is 115 Å². The second-order valence-electron chi connectivity index (χ2n) is 5.18. The third-order valence-corrected chi connectivity index (χ3v) is 5.78. The second kappa shape index (κ2) is 6.21. The lowest BCUT2D eigenvalue weighted by atomic mass is 9.87. The molecule has 0 amide bonds. The van der Waals surface area contributed by atoms with Crippen molar-refractivity contribution in [1.82, 2.24) is 0 Å². The lowest BCUT2D eigenvalue weighted by Crippen LogP contribution is -2.22. The lowest BCUT2D eigenvalue weighted by Gasteiger charge is -2.21. The Balaban J connectivity index is 2.15. The zero-order valence-corrected chi connectivity index (χ0v) is 11.8. The van der Waals surface area contributed by atoms with Gasteiger partial charge in [-0.3, -0.25) is 4.85 Å². The second-order valence-corrected chi connectivity index (χ2v) is 7.29. The van der Waals surface area contributed by atoms with Gasteiger partial charge in [-0.05, 0) is 18.1 Å². The molecule has 0 aliphatic heterocycles. The predicted molar refractivity (Wildman–Crippen MR) is 75.2 cm³/mol. The molecule has 1 saturated carbocycles. The first-order chi connectivity index (χ1) is 9.14. The van der Waals surface area contributed by atoms with Gasteiger partial charge in [0.1, 0.15) is 0 Å². The third kappa shape index (κ3) is 3.36. The summed E-state index contributed by atoms with van der Waals surface area (Å²) in [5.74, 6) is 0.395. The first-order valence-corrected chi connectivity index (χ1v) is 8.34. The van der Waals surface area contributed by atoms with Gasteiger partial charge in [0, 0.05) is 6.42 Å². The molecule has 102 valence electrons. The fourth-order valence-corrected chi connectivity index (χ4v) is 4.24. The summed E-state index contributed by atoms with van der Waals surface area (Å²) in [7, 11) is -3.50. The highest BCUT2D eigenvalue weighted by Crippen LogP contribution is 2.31. The molecule has 1 atom stereocenters. The molecule has 3 nitrogen and oxygen atoms in total. The van der Waals surface area contributed by atoms with Crippen molar-refractivity contribution in [3.8, 4) is 0 Å². The molecule has 0 N–H and O–H groups in total. The van der Waals surface area contributed by atoms with Crippen molar-refractivity contribution in [3.63, 3.8) is 0 Å². The standard InChI is InChI=1S/C15H19NO2S/c1-16-15(12-13-8-4-2-5-9-13)19(17,18)14-10-6-3-7-11-14/h3,6-7,10-11,13,15H,2,4-5,8-9,12H2. The molecular weight excluding hydrogens is 258 g/mol. The van der Waals surface area contributed by atoms with Gasteiger partial charge in [0.05, 0.1) is 4.90 Å². The molecule has 19 heavy (non-hydrogen) atoms. The van der Waals surface area contributed by atoms with E-state index < -0.39 is 15.2 Å². The van der Waals surface area contributed by atoms with Crippen molar-refractivity contribution in [2.24, 2.45) is 5.92 Å². The van der Waals surface area contributed by atoms with Crippen LogP contribution in [0.2, 0.25) is 0 Å². The number of hydrogen-bond donors (Lipinski definition) is 0. The summed E-state index contributed by atoms with van der Waals surface area (Å²) in [4.78, 5) is 3.66. The van der Waals surface area contributed by atoms with Gasteiger partial charge in [-0.25, -0.2) is 15.0 Å². The fraction of sp³-hybridized carbons (Fsp3) is 0.533. The Morgan fingerprint density at radius 3 is 2.37 bits per heavy atom. The monoisotopic (exact) mass is 277 g/mol. The maximum Gasteiger partial charge on any atom is 0.325 e. The summed E-state index contributed by atoms with van der Waals surface area (Å²) in [6, 6.07) is 8.35. The minimum absolute atomic E-state index is 0.270. The number of sulfone groups is 1. The summed E-state index contributed by atoms with van der Waals surface area (Å²) in [6.07, 6.45) is 6.19. The van der Waals surface area contributed by atoms with Crippen LogP contribution in [-0.2, 0) is 9.84 Å². The molecule has 0 spiro atoms. The molecule has 2 rings (SSSR count). The van der Waals surface area contributed by atoms with Gasteiger partial charge in [-0.15, -0.1) is 0 Å². The molecule has 1 aromatic rings. The largest absolute Gasteiger partial charge is 0.325 e. The Morgan fingerprint density at radius 2 is 1.79 bits per heavy atom. The molecule has 0 radical (unpaired) electrons. The highest BCUT2D eigenvalue weighted by atomic mass is 32.2. The minimum atomic E-state index is -3.50. The molecular formula is C15H19NO2S. The van der Waals surface area contributed by atoms with E-state index >= 15 is 0 Å². The molecule has 1 aliphatic rings. The van der Waals surface area contributed by atoms with E-state index in [1.165, 1.54) is 19.3 Å². The molecule has 0 bridgehead atoms. The minimum Gasteiger partial charge on any atom is -0.296 e. The van der Waals surface area contributed by atoms with E-state index in [2.05, 4.69) is 4.85 Å². The van der Waals surface area contributed by atoms with E-state index in [0.717, 1.165) is 12.8 Å². The molecule has 0 saturated heterocycles. The Hall–Kier alpha value is -1.34. The quantitative estimate of drug-likeness (QED) is 0.787. The van der Waals surface area contributed by atoms with Crippen molar-refractivity contribution >= 4 is 9.84 Å². The van der Waals surface area contributed by atoms with Crippen LogP contribution in [-0.4, -0.2) is 13.8 Å². The van der Waals surface area contributed by atoms with Gasteiger partial charge < -0.3 is 0 Å². The van der Waals surface area contributed by atoms with E-state index in [-0.39, 0.29) is 4.90 Å². The van der Waals surface area contributed by atoms with Crippen LogP contribution in [0.1, 0.15) is 38.5 Å². The van der Waals surface area contributed by atoms with Crippen LogP contribution in [0.25, 0.3) is 4.85 Å². The highest BCUT2D eigenvalue weighted by Gasteiger charge is 2.35. The molecule has 1 unspecified atom stereocenters. The summed E-state index contributed by atoms with van der Waals surface area (Å²) in [5, 5.41) is -0.919. The molecule has 0 heterocycles. The SMILES string of the molecule is [C-]#[N+]C(CC1CCCCC1)S(=O)(=O)c1ccccc1. The fourth-order valence-electron chi connectivity index (χ4n) is 2.72. The maximum absolute atomic E-state index is 12.4. The summed E-state index contributed by atoms with van der Waals surface area (Å²) >= 11 is 0. The molecule has 0 aromatic heterocycles. The van der Waals surface area contributed by atoms with E-state index in [4.69, 9.17) is 6.57 Å². The molecule has 1 fully saturated rings. The number of benzene rings is 1. The van der Waals surface area contributed by atoms with E-state index in [1.54, 1.807) is 30.3 Å². The van der Waals surface area contributed by atoms with Crippen molar-refractivity contribution in [3.05, 3.63) is 41.7 Å². The van der Waals surface area contributed by atoms with E-state index in [9.17, 15) is 8.42 Å². The maximum atomic E-state index is 12.4. The van der Waals surface area contributed by atoms with Crippen LogP contribution in [0.4, 0.5) is 0 Å². The molecule has 4 heteroatoms. The van der Waals surface area contributed by atoms with Crippen molar-refractivity contribution < 1.29 is 8.42 Å². The number of rotatable bonds is 4. The zero-order chi connectivity index (χ0) is 13.7. The van der Waals surface area contributed by atoms with Crippen LogP contribution in [0.15, 0.2) is 35.2 Å². The van der Waals surface area contributed by atoms with E-state index in [1.807, 2.05) is 0 Å². The summed E-state index contributed by atoms with van der Waals surface area (Å²) in [6.45, 7) is 7.23. The number of hydrogen-bond acceptors (Lipinski definition) is 2. The van der Waals surface area contributed by atoms with Crippen LogP contribution in [0.3, 0.4) is 0 Å². The smallest absolute Gasteiger partial charge is 0.296 e. The lowest BCUT2D eigenvalue weighted by molar-refractivity contribution is 0.340. The molecule has 1 aliphatic carbocycles. The first-order valence-electron chi connectivity index (χ1n) is 6.80. The van der Waals surface area contributed by atoms with Crippen molar-refractivity contribution in [2.75, 3.05) is 0 Å². The third-order valence-electron chi connectivity index (χ3n) is 3.83. The topological polar surface area (TPSA) is 38.5 Å². The van der Waals surface area contributed by atoms with Crippen LogP contribution in [0, 0.1) is 12.5 Å². The Bertz CT molecular complexity index is 539.